The van der Waals surface area contributed by atoms with Crippen LogP contribution >= 0.6 is 0 Å². The summed E-state index contributed by atoms with van der Waals surface area (Å²) in [4.78, 5) is 21.3. The maximum atomic E-state index is 13.6. The molecule has 16 heteroatoms. The molecule has 2 aliphatic heterocycles. The smallest absolute Gasteiger partial charge is 0.416 e. The molecule has 5 rings (SSSR count). The van der Waals surface area contributed by atoms with Crippen LogP contribution in [0.4, 0.5) is 37.0 Å². The highest BCUT2D eigenvalue weighted by atomic mass is 19.4. The number of methoxy groups -OCH3 is 1. The maximum Gasteiger partial charge on any atom is 0.416 e. The van der Waals surface area contributed by atoms with E-state index in [0.29, 0.717) is 40.5 Å². The Labute approximate surface area is 259 Å². The first-order valence-electron chi connectivity index (χ1n) is 14.2. The lowest BCUT2D eigenvalue weighted by atomic mass is 9.96. The van der Waals surface area contributed by atoms with Crippen molar-refractivity contribution in [1.82, 2.24) is 15.4 Å². The molecule has 0 spiro atoms. The lowest BCUT2D eigenvalue weighted by molar-refractivity contribution is -0.143. The highest BCUT2D eigenvalue weighted by Crippen LogP contribution is 2.42. The molecule has 46 heavy (non-hydrogen) atoms. The number of cyclic esters (lactones) is 1. The summed E-state index contributed by atoms with van der Waals surface area (Å²) in [5.41, 5.74) is 7.00. The van der Waals surface area contributed by atoms with Crippen molar-refractivity contribution in [3.63, 3.8) is 0 Å². The Bertz CT molecular complexity index is 1610. The number of benzene rings is 2. The second kappa shape index (κ2) is 12.6. The van der Waals surface area contributed by atoms with Crippen LogP contribution in [0.25, 0.3) is 11.1 Å². The van der Waals surface area contributed by atoms with Gasteiger partial charge < -0.3 is 20.1 Å². The van der Waals surface area contributed by atoms with Gasteiger partial charge in [0, 0.05) is 30.6 Å². The van der Waals surface area contributed by atoms with Crippen LogP contribution < -0.4 is 26.7 Å². The fourth-order valence-corrected chi connectivity index (χ4v) is 5.45. The van der Waals surface area contributed by atoms with Gasteiger partial charge in [0.15, 0.2) is 0 Å². The highest BCUT2D eigenvalue weighted by Gasteiger charge is 2.43. The summed E-state index contributed by atoms with van der Waals surface area (Å²) in [5, 5.41) is 3.77. The van der Waals surface area contributed by atoms with E-state index in [1.807, 2.05) is 23.1 Å². The molecule has 2 aromatic carbocycles. The SMILES string of the molecule is COc1ccc(C/C(N)=N/NN)cc1-c1ccc(N2CCC2)nc1CN1C(=O)OC(c2cc(C(F)(F)F)cc(C(F)(F)F)c2)C1C. The van der Waals surface area contributed by atoms with Crippen molar-refractivity contribution in [2.45, 2.75) is 50.8 Å². The predicted octanol–water partition coefficient (Wildman–Crippen LogP) is 5.36. The van der Waals surface area contributed by atoms with Crippen molar-refractivity contribution >= 4 is 17.7 Å². The number of nitrogens with one attached hydrogen (secondary N) is 1. The zero-order valence-electron chi connectivity index (χ0n) is 24.7. The van der Waals surface area contributed by atoms with E-state index in [-0.39, 0.29) is 24.9 Å². The van der Waals surface area contributed by atoms with Gasteiger partial charge in [-0.05, 0) is 66.9 Å². The van der Waals surface area contributed by atoms with Gasteiger partial charge >= 0.3 is 18.4 Å². The molecule has 0 aliphatic carbocycles. The number of aromatic nitrogens is 1. The Hall–Kier alpha value is -4.73. The van der Waals surface area contributed by atoms with Crippen molar-refractivity contribution in [3.05, 3.63) is 76.5 Å². The van der Waals surface area contributed by atoms with E-state index in [9.17, 15) is 31.1 Å². The third kappa shape index (κ3) is 6.76. The van der Waals surface area contributed by atoms with Crippen LogP contribution in [0.15, 0.2) is 53.6 Å². The summed E-state index contributed by atoms with van der Waals surface area (Å²) in [7, 11) is 1.49. The summed E-state index contributed by atoms with van der Waals surface area (Å²) in [6.45, 7) is 2.89. The van der Waals surface area contributed by atoms with E-state index in [1.54, 1.807) is 12.1 Å². The average Bonchev–Trinajstić information content (AvgIpc) is 3.24. The minimum Gasteiger partial charge on any atom is -0.496 e. The van der Waals surface area contributed by atoms with E-state index >= 15 is 0 Å². The molecule has 1 amide bonds. The number of hydrazone groups is 1. The summed E-state index contributed by atoms with van der Waals surface area (Å²) in [5.74, 6) is 6.58. The molecule has 2 atom stereocenters. The van der Waals surface area contributed by atoms with E-state index in [2.05, 4.69) is 10.6 Å². The molecular formula is C30H31F6N7O3. The van der Waals surface area contributed by atoms with Gasteiger partial charge in [0.1, 0.15) is 23.5 Å². The second-order valence-corrected chi connectivity index (χ2v) is 11.0. The number of nitrogens with zero attached hydrogens (tertiary/aromatic N) is 4. The molecule has 3 aromatic rings. The van der Waals surface area contributed by atoms with Gasteiger partial charge in [0.2, 0.25) is 0 Å². The number of halogens is 6. The molecule has 5 N–H and O–H groups in total. The standard InChI is InChI=1S/C30H31F6N7O3/c1-16-27(18-12-19(29(31,32)33)14-20(13-18)30(34,35)36)46-28(44)43(16)15-23-21(5-7-26(39-23)42-8-3-9-42)22-10-17(4-6-24(22)45-2)11-25(37)40-41-38/h4-7,10,12-14,16,27,41H,3,8-9,11,15,38H2,1-2H3,(H2,37,40). The summed E-state index contributed by atoms with van der Waals surface area (Å²) < 4.78 is 92.5. The molecule has 3 heterocycles. The number of carbonyl (C=O) groups is 1. The summed E-state index contributed by atoms with van der Waals surface area (Å²) >= 11 is 0. The van der Waals surface area contributed by atoms with Gasteiger partial charge in [-0.15, -0.1) is 0 Å². The molecule has 1 aromatic heterocycles. The van der Waals surface area contributed by atoms with Gasteiger partial charge in [-0.2, -0.15) is 31.4 Å². The van der Waals surface area contributed by atoms with Crippen LogP contribution in [0.1, 0.15) is 47.4 Å². The molecule has 0 saturated carbocycles. The lowest BCUT2D eigenvalue weighted by Gasteiger charge is -2.33. The fraction of sp³-hybridized carbons (Fsp3) is 0.367. The van der Waals surface area contributed by atoms with Crippen LogP contribution in [0.3, 0.4) is 0 Å². The Kier molecular flexibility index (Phi) is 8.93. The topological polar surface area (TPSA) is 131 Å². The van der Waals surface area contributed by atoms with Gasteiger partial charge in [-0.1, -0.05) is 6.07 Å². The van der Waals surface area contributed by atoms with E-state index in [4.69, 9.17) is 26.0 Å². The number of alkyl halides is 6. The van der Waals surface area contributed by atoms with Gasteiger partial charge in [-0.3, -0.25) is 4.90 Å². The van der Waals surface area contributed by atoms with Crippen molar-refractivity contribution in [2.75, 3.05) is 25.1 Å². The van der Waals surface area contributed by atoms with Crippen LogP contribution in [-0.2, 0) is 30.1 Å². The number of rotatable bonds is 9. The molecule has 2 fully saturated rings. The molecule has 246 valence electrons. The normalized spacial score (nSPS) is 18.8. The average molecular weight is 652 g/mol. The molecule has 2 saturated heterocycles. The van der Waals surface area contributed by atoms with Crippen molar-refractivity contribution < 1.29 is 40.6 Å². The summed E-state index contributed by atoms with van der Waals surface area (Å²) in [6.07, 6.45) is -11.2. The zero-order chi connectivity index (χ0) is 33.4. The molecule has 0 bridgehead atoms. The van der Waals surface area contributed by atoms with E-state index in [0.717, 1.165) is 25.1 Å². The Balaban J connectivity index is 1.54. The van der Waals surface area contributed by atoms with Crippen LogP contribution in [0, 0.1) is 0 Å². The van der Waals surface area contributed by atoms with Crippen LogP contribution in [0.5, 0.6) is 5.75 Å². The highest BCUT2D eigenvalue weighted by molar-refractivity contribution is 5.83. The number of amides is 1. The van der Waals surface area contributed by atoms with Crippen molar-refractivity contribution in [3.8, 4) is 16.9 Å². The number of amidine groups is 1. The first-order valence-corrected chi connectivity index (χ1v) is 14.2. The number of nitrogens with two attached hydrogens (primary N) is 2. The molecule has 2 aliphatic rings. The third-order valence-electron chi connectivity index (χ3n) is 7.94. The predicted molar refractivity (Wildman–Crippen MR) is 156 cm³/mol. The monoisotopic (exact) mass is 651 g/mol. The zero-order valence-corrected chi connectivity index (χ0v) is 24.7. The first-order chi connectivity index (χ1) is 21.7. The summed E-state index contributed by atoms with van der Waals surface area (Å²) in [6, 6.07) is 9.22. The third-order valence-corrected chi connectivity index (χ3v) is 7.94. The number of hydrogen-bond acceptors (Lipinski definition) is 8. The Morgan fingerprint density at radius 2 is 1.72 bits per heavy atom. The number of pyridine rings is 1. The van der Waals surface area contributed by atoms with E-state index in [1.165, 1.54) is 18.9 Å². The van der Waals surface area contributed by atoms with Crippen LogP contribution in [0.2, 0.25) is 0 Å². The number of carbonyl (C=O) groups excluding carboxylic acids is 1. The van der Waals surface area contributed by atoms with Gasteiger partial charge in [-0.25, -0.2) is 21.2 Å². The maximum absolute atomic E-state index is 13.6. The first kappa shape index (κ1) is 32.7. The van der Waals surface area contributed by atoms with Crippen LogP contribution in [-0.4, -0.2) is 48.1 Å². The molecule has 2 unspecified atom stereocenters. The van der Waals surface area contributed by atoms with Crippen molar-refractivity contribution in [2.24, 2.45) is 16.7 Å². The Morgan fingerprint density at radius 1 is 1.04 bits per heavy atom. The minimum atomic E-state index is -5.05. The number of hydrazine groups is 1. The van der Waals surface area contributed by atoms with Gasteiger partial charge in [0.25, 0.3) is 0 Å². The minimum absolute atomic E-state index is 0.0354. The van der Waals surface area contributed by atoms with Gasteiger partial charge in [0.05, 0.1) is 36.5 Å². The largest absolute Gasteiger partial charge is 0.496 e. The Morgan fingerprint density at radius 3 is 2.28 bits per heavy atom. The van der Waals surface area contributed by atoms with E-state index < -0.39 is 47.3 Å². The molecular weight excluding hydrogens is 620 g/mol. The molecule has 0 radical (unpaired) electrons. The molecule has 10 nitrogen and oxygen atoms in total. The second-order valence-electron chi connectivity index (χ2n) is 11.0. The number of hydrogen-bond donors (Lipinski definition) is 3. The fourth-order valence-electron chi connectivity index (χ4n) is 5.45. The lowest BCUT2D eigenvalue weighted by Crippen LogP contribution is -2.38. The van der Waals surface area contributed by atoms with Crippen molar-refractivity contribution in [1.29, 1.82) is 0 Å². The quantitative estimate of drug-likeness (QED) is 0.0927. The number of anilines is 1. The number of ether oxygens (including phenoxy) is 2.